The molecule has 0 aliphatic heterocycles. The molecule has 9 heteroatoms. The fourth-order valence-electron chi connectivity index (χ4n) is 2.74. The number of carbonyl (C=O) groups excluding carboxylic acids is 1. The molecule has 0 unspecified atom stereocenters. The van der Waals surface area contributed by atoms with Crippen LogP contribution in [0.15, 0.2) is 88.9 Å². The molecular weight excluding hydrogens is 457 g/mol. The predicted molar refractivity (Wildman–Crippen MR) is 124 cm³/mol. The third-order valence-electron chi connectivity index (χ3n) is 4.32. The van der Waals surface area contributed by atoms with Gasteiger partial charge >= 0.3 is 0 Å². The highest BCUT2D eigenvalue weighted by Crippen LogP contribution is 2.26. The van der Waals surface area contributed by atoms with E-state index in [0.29, 0.717) is 15.8 Å². The molecule has 0 saturated carbocycles. The van der Waals surface area contributed by atoms with Crippen molar-refractivity contribution in [3.05, 3.63) is 94.5 Å². The van der Waals surface area contributed by atoms with Crippen LogP contribution in [-0.2, 0) is 14.8 Å². The minimum absolute atomic E-state index is 0.00589. The van der Waals surface area contributed by atoms with Gasteiger partial charge in [-0.05, 0) is 55.0 Å². The fourth-order valence-corrected chi connectivity index (χ4v) is 4.46. The Balaban J connectivity index is 1.88. The summed E-state index contributed by atoms with van der Waals surface area (Å²) in [6.45, 7) is 1.26. The van der Waals surface area contributed by atoms with Crippen LogP contribution in [0.4, 0.5) is 5.69 Å². The Kier molecular flexibility index (Phi) is 7.33. The Morgan fingerprint density at radius 3 is 2.26 bits per heavy atom. The maximum Gasteiger partial charge on any atom is 0.264 e. The number of rotatable bonds is 7. The van der Waals surface area contributed by atoms with E-state index in [4.69, 9.17) is 23.2 Å². The molecule has 0 aliphatic carbocycles. The molecule has 0 fully saturated rings. The Labute approximate surface area is 191 Å². The number of hydrazone groups is 1. The van der Waals surface area contributed by atoms with E-state index in [9.17, 15) is 13.2 Å². The molecule has 1 N–H and O–H groups in total. The number of sulfonamides is 1. The number of benzene rings is 3. The van der Waals surface area contributed by atoms with E-state index in [2.05, 4.69) is 10.5 Å². The molecule has 0 bridgehead atoms. The van der Waals surface area contributed by atoms with Crippen molar-refractivity contribution in [1.82, 2.24) is 5.43 Å². The molecule has 31 heavy (non-hydrogen) atoms. The first kappa shape index (κ1) is 22.8. The Morgan fingerprint density at radius 1 is 0.935 bits per heavy atom. The van der Waals surface area contributed by atoms with Crippen molar-refractivity contribution in [2.75, 3.05) is 10.8 Å². The van der Waals surface area contributed by atoms with Gasteiger partial charge in [0.05, 0.1) is 16.3 Å². The van der Waals surface area contributed by atoms with E-state index in [1.807, 2.05) is 30.3 Å². The number of hydrogen-bond acceptors (Lipinski definition) is 4. The Bertz CT molecular complexity index is 1200. The quantitative estimate of drug-likeness (QED) is 0.396. The van der Waals surface area contributed by atoms with Gasteiger partial charge in [-0.2, -0.15) is 5.10 Å². The van der Waals surface area contributed by atoms with Crippen LogP contribution in [0.5, 0.6) is 0 Å². The van der Waals surface area contributed by atoms with Crippen LogP contribution in [0.25, 0.3) is 0 Å². The second-order valence-corrected chi connectivity index (χ2v) is 9.28. The van der Waals surface area contributed by atoms with Crippen molar-refractivity contribution in [2.24, 2.45) is 5.10 Å². The lowest BCUT2D eigenvalue weighted by atomic mass is 10.1. The Hall–Kier alpha value is -2.87. The normalized spacial score (nSPS) is 11.8. The molecule has 0 radical (unpaired) electrons. The number of anilines is 1. The molecule has 0 saturated heterocycles. The maximum atomic E-state index is 13.3. The number of halogens is 2. The standard InChI is InChI=1S/C22H19Cl2N3O3S/c1-16(17-6-3-2-4-7-17)25-26-22(28)15-27(20-9-5-8-19(24)14-20)31(29,30)21-12-10-18(23)11-13-21/h2-14H,15H2,1H3,(H,26,28)/b25-16-. The van der Waals surface area contributed by atoms with Crippen LogP contribution >= 0.6 is 23.2 Å². The zero-order valence-corrected chi connectivity index (χ0v) is 18.8. The summed E-state index contributed by atoms with van der Waals surface area (Å²) in [5, 5.41) is 4.82. The van der Waals surface area contributed by atoms with Crippen LogP contribution in [-0.4, -0.2) is 26.6 Å². The lowest BCUT2D eigenvalue weighted by molar-refractivity contribution is -0.119. The third-order valence-corrected chi connectivity index (χ3v) is 6.60. The molecule has 0 heterocycles. The maximum absolute atomic E-state index is 13.3. The van der Waals surface area contributed by atoms with Gasteiger partial charge in [0.2, 0.25) is 0 Å². The van der Waals surface area contributed by atoms with Gasteiger partial charge in [0.15, 0.2) is 0 Å². The number of nitrogens with zero attached hydrogens (tertiary/aromatic N) is 2. The number of amides is 1. The minimum Gasteiger partial charge on any atom is -0.271 e. The molecule has 0 aliphatic rings. The molecule has 6 nitrogen and oxygen atoms in total. The molecule has 0 atom stereocenters. The molecule has 3 aromatic carbocycles. The summed E-state index contributed by atoms with van der Waals surface area (Å²) < 4.78 is 27.5. The monoisotopic (exact) mass is 475 g/mol. The molecule has 0 aromatic heterocycles. The van der Waals surface area contributed by atoms with E-state index in [0.717, 1.165) is 9.87 Å². The first-order valence-electron chi connectivity index (χ1n) is 9.20. The second kappa shape index (κ2) is 9.96. The highest BCUT2D eigenvalue weighted by molar-refractivity contribution is 7.92. The highest BCUT2D eigenvalue weighted by Gasteiger charge is 2.27. The van der Waals surface area contributed by atoms with E-state index < -0.39 is 22.5 Å². The van der Waals surface area contributed by atoms with Crippen molar-refractivity contribution in [3.63, 3.8) is 0 Å². The average Bonchev–Trinajstić information content (AvgIpc) is 2.76. The topological polar surface area (TPSA) is 78.8 Å². The van der Waals surface area contributed by atoms with Gasteiger partial charge < -0.3 is 0 Å². The second-order valence-electron chi connectivity index (χ2n) is 6.54. The highest BCUT2D eigenvalue weighted by atomic mass is 35.5. The van der Waals surface area contributed by atoms with E-state index in [-0.39, 0.29) is 10.6 Å². The molecule has 0 spiro atoms. The van der Waals surface area contributed by atoms with Crippen LogP contribution in [0.1, 0.15) is 12.5 Å². The summed E-state index contributed by atoms with van der Waals surface area (Å²) in [4.78, 5) is 12.6. The van der Waals surface area contributed by atoms with Gasteiger partial charge in [-0.15, -0.1) is 0 Å². The number of nitrogens with one attached hydrogen (secondary N) is 1. The summed E-state index contributed by atoms with van der Waals surface area (Å²) >= 11 is 11.9. The van der Waals surface area contributed by atoms with Crippen LogP contribution in [0, 0.1) is 0 Å². The van der Waals surface area contributed by atoms with E-state index >= 15 is 0 Å². The van der Waals surface area contributed by atoms with Crippen molar-refractivity contribution < 1.29 is 13.2 Å². The summed E-state index contributed by atoms with van der Waals surface area (Å²) in [5.41, 5.74) is 4.09. The van der Waals surface area contributed by atoms with Crippen molar-refractivity contribution >= 4 is 50.5 Å². The van der Waals surface area contributed by atoms with E-state index in [1.54, 1.807) is 25.1 Å². The summed E-state index contributed by atoms with van der Waals surface area (Å²) in [5.74, 6) is -0.604. The third kappa shape index (κ3) is 5.85. The number of carbonyl (C=O) groups is 1. The minimum atomic E-state index is -4.07. The lowest BCUT2D eigenvalue weighted by Gasteiger charge is -2.24. The fraction of sp³-hybridized carbons (Fsp3) is 0.0909. The molecular formula is C22H19Cl2N3O3S. The summed E-state index contributed by atoms with van der Waals surface area (Å²) in [6, 6.07) is 21.3. The van der Waals surface area contributed by atoms with Crippen LogP contribution in [0.3, 0.4) is 0 Å². The van der Waals surface area contributed by atoms with Gasteiger partial charge in [-0.25, -0.2) is 13.8 Å². The lowest BCUT2D eigenvalue weighted by Crippen LogP contribution is -2.39. The zero-order valence-electron chi connectivity index (χ0n) is 16.5. The Morgan fingerprint density at radius 2 is 1.61 bits per heavy atom. The van der Waals surface area contributed by atoms with Gasteiger partial charge in [0.1, 0.15) is 6.54 Å². The molecule has 160 valence electrons. The van der Waals surface area contributed by atoms with Crippen LogP contribution < -0.4 is 9.73 Å². The first-order valence-corrected chi connectivity index (χ1v) is 11.4. The predicted octanol–water partition coefficient (Wildman–Crippen LogP) is 4.73. The van der Waals surface area contributed by atoms with Gasteiger partial charge in [-0.1, -0.05) is 59.6 Å². The van der Waals surface area contributed by atoms with Gasteiger partial charge in [0, 0.05) is 10.0 Å². The average molecular weight is 476 g/mol. The van der Waals surface area contributed by atoms with E-state index in [1.165, 1.54) is 30.3 Å². The van der Waals surface area contributed by atoms with Crippen molar-refractivity contribution in [2.45, 2.75) is 11.8 Å². The van der Waals surface area contributed by atoms with Crippen molar-refractivity contribution in [1.29, 1.82) is 0 Å². The van der Waals surface area contributed by atoms with Crippen LogP contribution in [0.2, 0.25) is 10.0 Å². The molecule has 3 rings (SSSR count). The smallest absolute Gasteiger partial charge is 0.264 e. The van der Waals surface area contributed by atoms with Gasteiger partial charge in [0.25, 0.3) is 15.9 Å². The summed E-state index contributed by atoms with van der Waals surface area (Å²) in [7, 11) is -4.07. The SMILES string of the molecule is C/C(=N/NC(=O)CN(c1cccc(Cl)c1)S(=O)(=O)c1ccc(Cl)cc1)c1ccccc1. The largest absolute Gasteiger partial charge is 0.271 e. The number of hydrogen-bond donors (Lipinski definition) is 1. The van der Waals surface area contributed by atoms with Crippen molar-refractivity contribution in [3.8, 4) is 0 Å². The zero-order chi connectivity index (χ0) is 22.4. The molecule has 1 amide bonds. The molecule has 3 aromatic rings. The first-order chi connectivity index (χ1) is 14.8. The van der Waals surface area contributed by atoms with Gasteiger partial charge in [-0.3, -0.25) is 9.10 Å². The summed E-state index contributed by atoms with van der Waals surface area (Å²) in [6.07, 6.45) is 0.